The number of allylic oxidation sites excluding steroid dienone is 4. The maximum absolute atomic E-state index is 11.2. The highest BCUT2D eigenvalue weighted by Crippen LogP contribution is 2.15. The molecule has 0 aliphatic carbocycles. The van der Waals surface area contributed by atoms with E-state index in [1.807, 2.05) is 13.8 Å². The summed E-state index contributed by atoms with van der Waals surface area (Å²) in [6.45, 7) is 10.8. The Hall–Kier alpha value is -0.850. The number of hydrogen-bond donors (Lipinski definition) is 0. The molecule has 0 bridgehead atoms. The van der Waals surface area contributed by atoms with E-state index in [4.69, 9.17) is 0 Å². The molecule has 0 amide bonds. The molecule has 0 N–H and O–H groups in total. The van der Waals surface area contributed by atoms with Gasteiger partial charge in [-0.25, -0.2) is 0 Å². The van der Waals surface area contributed by atoms with Gasteiger partial charge in [-0.05, 0) is 36.8 Å². The third-order valence-electron chi connectivity index (χ3n) is 3.13. The Morgan fingerprint density at radius 1 is 1.17 bits per heavy atom. The zero-order valence-electron chi connectivity index (χ0n) is 12.8. The van der Waals surface area contributed by atoms with Crippen molar-refractivity contribution >= 4 is 5.78 Å². The lowest BCUT2D eigenvalue weighted by molar-refractivity contribution is -0.114. The summed E-state index contributed by atoms with van der Waals surface area (Å²) in [6, 6.07) is 0. The first-order chi connectivity index (χ1) is 8.45. The summed E-state index contributed by atoms with van der Waals surface area (Å²) >= 11 is 0. The average Bonchev–Trinajstić information content (AvgIpc) is 2.28. The largest absolute Gasteiger partial charge is 0.295 e. The van der Waals surface area contributed by atoms with Crippen LogP contribution in [0.15, 0.2) is 23.8 Å². The zero-order chi connectivity index (χ0) is 14.0. The van der Waals surface area contributed by atoms with Crippen LogP contribution in [0, 0.1) is 11.8 Å². The van der Waals surface area contributed by atoms with Crippen LogP contribution in [0.4, 0.5) is 0 Å². The van der Waals surface area contributed by atoms with E-state index >= 15 is 0 Å². The van der Waals surface area contributed by atoms with Crippen LogP contribution >= 0.6 is 0 Å². The van der Waals surface area contributed by atoms with Crippen LogP contribution in [-0.2, 0) is 4.79 Å². The molecule has 0 radical (unpaired) electrons. The fourth-order valence-corrected chi connectivity index (χ4v) is 1.88. The van der Waals surface area contributed by atoms with Crippen molar-refractivity contribution in [2.24, 2.45) is 11.8 Å². The standard InChI is InChI=1S/C17H30O/c1-6-17(18)13-16(5)12-8-11-15(4)10-7-9-14(2)3/h8,12-15H,6-7,9-11H2,1-5H3/b12-8+,16-13+. The maximum Gasteiger partial charge on any atom is 0.155 e. The molecule has 0 aromatic carbocycles. The van der Waals surface area contributed by atoms with Crippen molar-refractivity contribution in [1.29, 1.82) is 0 Å². The molecular formula is C17H30O. The summed E-state index contributed by atoms with van der Waals surface area (Å²) in [7, 11) is 0. The Kier molecular flexibility index (Phi) is 9.63. The van der Waals surface area contributed by atoms with Gasteiger partial charge in [0.25, 0.3) is 0 Å². The second-order valence-corrected chi connectivity index (χ2v) is 5.78. The number of ketones is 1. The minimum Gasteiger partial charge on any atom is -0.295 e. The SMILES string of the molecule is CCC(=O)/C=C(C)/C=C/CC(C)CCCC(C)C. The van der Waals surface area contributed by atoms with Gasteiger partial charge < -0.3 is 0 Å². The molecule has 1 heteroatoms. The topological polar surface area (TPSA) is 17.1 Å². The van der Waals surface area contributed by atoms with E-state index in [9.17, 15) is 4.79 Å². The van der Waals surface area contributed by atoms with Crippen molar-refractivity contribution in [2.75, 3.05) is 0 Å². The highest BCUT2D eigenvalue weighted by molar-refractivity contribution is 5.90. The Morgan fingerprint density at radius 2 is 1.83 bits per heavy atom. The molecular weight excluding hydrogens is 220 g/mol. The lowest BCUT2D eigenvalue weighted by Gasteiger charge is -2.09. The van der Waals surface area contributed by atoms with Crippen molar-refractivity contribution in [3.8, 4) is 0 Å². The highest BCUT2D eigenvalue weighted by atomic mass is 16.1. The monoisotopic (exact) mass is 250 g/mol. The van der Waals surface area contributed by atoms with E-state index in [1.165, 1.54) is 19.3 Å². The quantitative estimate of drug-likeness (QED) is 0.400. The molecule has 104 valence electrons. The molecule has 0 aromatic rings. The van der Waals surface area contributed by atoms with Crippen LogP contribution in [0.25, 0.3) is 0 Å². The Labute approximate surface area is 113 Å². The fraction of sp³-hybridized carbons (Fsp3) is 0.706. The number of hydrogen-bond acceptors (Lipinski definition) is 1. The van der Waals surface area contributed by atoms with Gasteiger partial charge in [0.05, 0.1) is 0 Å². The molecule has 0 fully saturated rings. The minimum absolute atomic E-state index is 0.210. The molecule has 0 spiro atoms. The van der Waals surface area contributed by atoms with Crippen LogP contribution in [0.1, 0.15) is 66.7 Å². The lowest BCUT2D eigenvalue weighted by Crippen LogP contribution is -1.95. The van der Waals surface area contributed by atoms with E-state index in [1.54, 1.807) is 6.08 Å². The van der Waals surface area contributed by atoms with E-state index in [-0.39, 0.29) is 5.78 Å². The lowest BCUT2D eigenvalue weighted by atomic mass is 9.97. The first kappa shape index (κ1) is 17.2. The summed E-state index contributed by atoms with van der Waals surface area (Å²) in [4.78, 5) is 11.2. The van der Waals surface area contributed by atoms with Gasteiger partial charge >= 0.3 is 0 Å². The number of carbonyl (C=O) groups is 1. The van der Waals surface area contributed by atoms with Gasteiger partial charge in [0.15, 0.2) is 5.78 Å². The third-order valence-corrected chi connectivity index (χ3v) is 3.13. The minimum atomic E-state index is 0.210. The van der Waals surface area contributed by atoms with Crippen molar-refractivity contribution in [2.45, 2.75) is 66.7 Å². The predicted molar refractivity (Wildman–Crippen MR) is 80.7 cm³/mol. The summed E-state index contributed by atoms with van der Waals surface area (Å²) in [5.41, 5.74) is 1.07. The summed E-state index contributed by atoms with van der Waals surface area (Å²) < 4.78 is 0. The molecule has 0 aliphatic heterocycles. The van der Waals surface area contributed by atoms with E-state index in [0.29, 0.717) is 6.42 Å². The van der Waals surface area contributed by atoms with E-state index < -0.39 is 0 Å². The van der Waals surface area contributed by atoms with E-state index in [2.05, 4.69) is 32.9 Å². The van der Waals surface area contributed by atoms with E-state index in [0.717, 1.165) is 23.8 Å². The molecule has 0 saturated carbocycles. The molecule has 0 aliphatic rings. The van der Waals surface area contributed by atoms with Crippen molar-refractivity contribution in [1.82, 2.24) is 0 Å². The predicted octanol–water partition coefficient (Wildman–Crippen LogP) is 5.32. The van der Waals surface area contributed by atoms with Gasteiger partial charge in [-0.2, -0.15) is 0 Å². The molecule has 0 rings (SSSR count). The smallest absolute Gasteiger partial charge is 0.155 e. The van der Waals surface area contributed by atoms with Gasteiger partial charge in [-0.1, -0.05) is 59.1 Å². The van der Waals surface area contributed by atoms with Crippen molar-refractivity contribution in [3.63, 3.8) is 0 Å². The van der Waals surface area contributed by atoms with Crippen LogP contribution in [0.2, 0.25) is 0 Å². The van der Waals surface area contributed by atoms with Crippen LogP contribution in [0.5, 0.6) is 0 Å². The molecule has 0 saturated heterocycles. The first-order valence-electron chi connectivity index (χ1n) is 7.33. The number of rotatable bonds is 9. The molecule has 18 heavy (non-hydrogen) atoms. The van der Waals surface area contributed by atoms with Crippen molar-refractivity contribution < 1.29 is 4.79 Å². The average molecular weight is 250 g/mol. The second kappa shape index (κ2) is 10.1. The normalized spacial score (nSPS) is 14.4. The Balaban J connectivity index is 3.86. The van der Waals surface area contributed by atoms with Crippen molar-refractivity contribution in [3.05, 3.63) is 23.8 Å². The first-order valence-corrected chi connectivity index (χ1v) is 7.33. The molecule has 1 unspecified atom stereocenters. The third kappa shape index (κ3) is 10.3. The van der Waals surface area contributed by atoms with Gasteiger partial charge in [0.2, 0.25) is 0 Å². The van der Waals surface area contributed by atoms with Crippen LogP contribution in [0.3, 0.4) is 0 Å². The van der Waals surface area contributed by atoms with Gasteiger partial charge in [0, 0.05) is 6.42 Å². The molecule has 1 nitrogen and oxygen atoms in total. The Bertz CT molecular complexity index is 284. The van der Waals surface area contributed by atoms with Gasteiger partial charge in [0.1, 0.15) is 0 Å². The molecule has 0 aromatic heterocycles. The summed E-state index contributed by atoms with van der Waals surface area (Å²) in [5, 5.41) is 0. The number of carbonyl (C=O) groups excluding carboxylic acids is 1. The van der Waals surface area contributed by atoms with Crippen LogP contribution < -0.4 is 0 Å². The maximum atomic E-state index is 11.2. The molecule has 1 atom stereocenters. The van der Waals surface area contributed by atoms with Crippen LogP contribution in [-0.4, -0.2) is 5.78 Å². The Morgan fingerprint density at radius 3 is 2.39 bits per heavy atom. The van der Waals surface area contributed by atoms with Gasteiger partial charge in [-0.15, -0.1) is 0 Å². The molecule has 0 heterocycles. The second-order valence-electron chi connectivity index (χ2n) is 5.78. The van der Waals surface area contributed by atoms with Gasteiger partial charge in [-0.3, -0.25) is 4.79 Å². The summed E-state index contributed by atoms with van der Waals surface area (Å²) in [6.07, 6.45) is 11.7. The summed E-state index contributed by atoms with van der Waals surface area (Å²) in [5.74, 6) is 1.77. The fourth-order valence-electron chi connectivity index (χ4n) is 1.88. The highest BCUT2D eigenvalue weighted by Gasteiger charge is 2.01. The zero-order valence-corrected chi connectivity index (χ0v) is 12.8.